The lowest BCUT2D eigenvalue weighted by Crippen LogP contribution is -2.36. The Labute approximate surface area is 235 Å². The van der Waals surface area contributed by atoms with Crippen molar-refractivity contribution in [3.8, 4) is 5.75 Å². The smallest absolute Gasteiger partial charge is 0.294 e. The molecule has 39 heavy (non-hydrogen) atoms. The fraction of sp³-hybridized carbons (Fsp3) is 0.333. The number of aryl methyl sites for hydroxylation is 1. The van der Waals surface area contributed by atoms with Crippen molar-refractivity contribution in [1.82, 2.24) is 5.32 Å². The van der Waals surface area contributed by atoms with Gasteiger partial charge in [0.1, 0.15) is 0 Å². The van der Waals surface area contributed by atoms with E-state index >= 15 is 0 Å². The first-order valence-electron chi connectivity index (χ1n) is 13.9. The number of nitrogens with zero attached hydrogens (tertiary/aromatic N) is 1. The van der Waals surface area contributed by atoms with E-state index in [1.807, 2.05) is 55.5 Å². The molecule has 0 unspecified atom stereocenters. The first-order valence-corrected chi connectivity index (χ1v) is 15.0. The van der Waals surface area contributed by atoms with Gasteiger partial charge < -0.3 is 10.1 Å². The van der Waals surface area contributed by atoms with Gasteiger partial charge in [-0.25, -0.2) is 0 Å². The monoisotopic (exact) mass is 540 g/mol. The molecular weight excluding hydrogens is 504 g/mol. The van der Waals surface area contributed by atoms with Crippen LogP contribution < -0.4 is 15.0 Å². The minimum atomic E-state index is -0.192. The van der Waals surface area contributed by atoms with Gasteiger partial charge in [-0.1, -0.05) is 73.4 Å². The van der Waals surface area contributed by atoms with Crippen molar-refractivity contribution in [1.29, 1.82) is 0 Å². The summed E-state index contributed by atoms with van der Waals surface area (Å²) in [6.45, 7) is 3.19. The number of anilines is 1. The third-order valence-electron chi connectivity index (χ3n) is 7.28. The number of nitrogens with one attached hydrogen (secondary N) is 1. The molecule has 1 saturated carbocycles. The van der Waals surface area contributed by atoms with Crippen LogP contribution in [-0.2, 0) is 11.3 Å². The minimum Gasteiger partial charge on any atom is -0.449 e. The zero-order chi connectivity index (χ0) is 27.0. The molecule has 5 nitrogen and oxygen atoms in total. The Morgan fingerprint density at radius 3 is 2.51 bits per heavy atom. The molecule has 0 radical (unpaired) electrons. The van der Waals surface area contributed by atoms with Crippen LogP contribution in [0.15, 0.2) is 78.6 Å². The van der Waals surface area contributed by atoms with Crippen LogP contribution in [0, 0.1) is 6.92 Å². The van der Waals surface area contributed by atoms with Gasteiger partial charge in [0.05, 0.1) is 12.2 Å². The number of ether oxygens (including phenoxy) is 1. The first-order chi connectivity index (χ1) is 19.1. The number of thioether (sulfide) groups is 1. The van der Waals surface area contributed by atoms with Gasteiger partial charge in [0.25, 0.3) is 11.8 Å². The summed E-state index contributed by atoms with van der Waals surface area (Å²) in [6, 6.07) is 23.1. The second-order valence-electron chi connectivity index (χ2n) is 10.3. The molecule has 0 spiro atoms. The standard InChI is InChI=1S/C33H36N2O3S/c1-24-12-14-26(15-13-24)23-35-29-10-5-6-11-30(29)38-31(33(35)37)22-25-16-18-27(19-17-25)32(36)34-20-7-21-39-28-8-3-2-4-9-28/h5-6,10-19,22,28H,2-4,7-9,20-21,23H2,1H3,(H,34,36)/b31-22+. The zero-order valence-corrected chi connectivity index (χ0v) is 23.3. The highest BCUT2D eigenvalue weighted by Crippen LogP contribution is 2.36. The third-order valence-corrected chi connectivity index (χ3v) is 8.74. The van der Waals surface area contributed by atoms with Crippen molar-refractivity contribution in [2.24, 2.45) is 0 Å². The van der Waals surface area contributed by atoms with Crippen LogP contribution in [0.3, 0.4) is 0 Å². The number of rotatable bonds is 9. The van der Waals surface area contributed by atoms with Crippen molar-refractivity contribution in [3.63, 3.8) is 0 Å². The molecule has 0 aromatic heterocycles. The molecule has 1 heterocycles. The van der Waals surface area contributed by atoms with Crippen LogP contribution in [0.5, 0.6) is 5.75 Å². The number of amides is 2. The Morgan fingerprint density at radius 1 is 1.00 bits per heavy atom. The molecule has 1 aliphatic heterocycles. The summed E-state index contributed by atoms with van der Waals surface area (Å²) in [5, 5.41) is 3.84. The number of para-hydroxylation sites is 2. The highest BCUT2D eigenvalue weighted by atomic mass is 32.2. The van der Waals surface area contributed by atoms with E-state index in [1.54, 1.807) is 23.1 Å². The lowest BCUT2D eigenvalue weighted by Gasteiger charge is -2.30. The van der Waals surface area contributed by atoms with Gasteiger partial charge in [-0.3, -0.25) is 14.5 Å². The lowest BCUT2D eigenvalue weighted by atomic mass is 10.0. The van der Waals surface area contributed by atoms with Gasteiger partial charge in [0, 0.05) is 17.4 Å². The average Bonchev–Trinajstić information content (AvgIpc) is 2.97. The van der Waals surface area contributed by atoms with Crippen molar-refractivity contribution < 1.29 is 14.3 Å². The summed E-state index contributed by atoms with van der Waals surface area (Å²) in [5.41, 5.74) is 4.39. The number of carbonyl (C=O) groups is 2. The molecule has 202 valence electrons. The fourth-order valence-electron chi connectivity index (χ4n) is 5.04. The first kappa shape index (κ1) is 27.1. The molecule has 0 atom stereocenters. The van der Waals surface area contributed by atoms with Gasteiger partial charge >= 0.3 is 0 Å². The van der Waals surface area contributed by atoms with E-state index in [2.05, 4.69) is 29.2 Å². The molecule has 3 aromatic rings. The normalized spacial score (nSPS) is 16.6. The Balaban J connectivity index is 1.20. The fourth-order valence-corrected chi connectivity index (χ4v) is 6.35. The summed E-state index contributed by atoms with van der Waals surface area (Å²) in [6.07, 6.45) is 9.51. The van der Waals surface area contributed by atoms with Crippen molar-refractivity contribution in [3.05, 3.63) is 101 Å². The summed E-state index contributed by atoms with van der Waals surface area (Å²) in [4.78, 5) is 27.9. The second kappa shape index (κ2) is 13.0. The maximum atomic E-state index is 13.5. The van der Waals surface area contributed by atoms with Crippen molar-refractivity contribution in [2.75, 3.05) is 17.2 Å². The van der Waals surface area contributed by atoms with Crippen LogP contribution in [0.1, 0.15) is 65.6 Å². The third kappa shape index (κ3) is 7.12. The highest BCUT2D eigenvalue weighted by Gasteiger charge is 2.30. The largest absolute Gasteiger partial charge is 0.449 e. The Kier molecular flexibility index (Phi) is 9.04. The van der Waals surface area contributed by atoms with E-state index in [-0.39, 0.29) is 17.6 Å². The Hall–Kier alpha value is -3.51. The predicted molar refractivity (Wildman–Crippen MR) is 160 cm³/mol. The summed E-state index contributed by atoms with van der Waals surface area (Å²) in [7, 11) is 0. The molecule has 1 N–H and O–H groups in total. The van der Waals surface area contributed by atoms with Gasteiger partial charge in [0.15, 0.2) is 11.5 Å². The SMILES string of the molecule is Cc1ccc(CN2C(=O)/C(=C\c3ccc(C(=O)NCCCSC4CCCCC4)cc3)Oc3ccccc32)cc1. The number of hydrogen-bond acceptors (Lipinski definition) is 4. The van der Waals surface area contributed by atoms with Crippen LogP contribution in [0.4, 0.5) is 5.69 Å². The molecule has 1 fully saturated rings. The molecule has 2 amide bonds. The topological polar surface area (TPSA) is 58.6 Å². The molecular formula is C33H36N2O3S. The zero-order valence-electron chi connectivity index (χ0n) is 22.5. The predicted octanol–water partition coefficient (Wildman–Crippen LogP) is 7.15. The minimum absolute atomic E-state index is 0.0694. The molecule has 1 aliphatic carbocycles. The Morgan fingerprint density at radius 2 is 1.74 bits per heavy atom. The summed E-state index contributed by atoms with van der Waals surface area (Å²) < 4.78 is 6.02. The maximum absolute atomic E-state index is 13.5. The summed E-state index contributed by atoms with van der Waals surface area (Å²) >= 11 is 2.06. The van der Waals surface area contributed by atoms with E-state index in [0.29, 0.717) is 24.4 Å². The average molecular weight is 541 g/mol. The molecule has 3 aromatic carbocycles. The van der Waals surface area contributed by atoms with E-state index in [0.717, 1.165) is 34.2 Å². The van der Waals surface area contributed by atoms with Gasteiger partial charge in [0.2, 0.25) is 0 Å². The quantitative estimate of drug-likeness (QED) is 0.231. The van der Waals surface area contributed by atoms with E-state index < -0.39 is 0 Å². The van der Waals surface area contributed by atoms with E-state index in [1.165, 1.54) is 37.7 Å². The molecule has 5 rings (SSSR count). The number of hydrogen-bond donors (Lipinski definition) is 1. The molecule has 0 bridgehead atoms. The molecule has 2 aliphatic rings. The van der Waals surface area contributed by atoms with Gasteiger partial charge in [-0.15, -0.1) is 0 Å². The maximum Gasteiger partial charge on any atom is 0.294 e. The van der Waals surface area contributed by atoms with E-state index in [4.69, 9.17) is 4.74 Å². The van der Waals surface area contributed by atoms with Gasteiger partial charge in [-0.2, -0.15) is 11.8 Å². The van der Waals surface area contributed by atoms with Gasteiger partial charge in [-0.05, 0) is 73.4 Å². The van der Waals surface area contributed by atoms with Crippen LogP contribution in [0.2, 0.25) is 0 Å². The molecule has 6 heteroatoms. The van der Waals surface area contributed by atoms with Crippen molar-refractivity contribution in [2.45, 2.75) is 57.2 Å². The van der Waals surface area contributed by atoms with E-state index in [9.17, 15) is 9.59 Å². The second-order valence-corrected chi connectivity index (χ2v) is 11.7. The lowest BCUT2D eigenvalue weighted by molar-refractivity contribution is -0.117. The summed E-state index contributed by atoms with van der Waals surface area (Å²) in [5.74, 6) is 1.74. The number of carbonyl (C=O) groups excluding carboxylic acids is 2. The Bertz CT molecular complexity index is 1310. The highest BCUT2D eigenvalue weighted by molar-refractivity contribution is 7.99. The number of benzene rings is 3. The van der Waals surface area contributed by atoms with Crippen LogP contribution in [0.25, 0.3) is 6.08 Å². The van der Waals surface area contributed by atoms with Crippen LogP contribution in [-0.4, -0.2) is 29.4 Å². The molecule has 0 saturated heterocycles. The van der Waals surface area contributed by atoms with Crippen LogP contribution >= 0.6 is 11.8 Å². The van der Waals surface area contributed by atoms with Crippen molar-refractivity contribution >= 4 is 35.3 Å². The number of fused-ring (bicyclic) bond motifs is 1.